The number of anilines is 1. The van der Waals surface area contributed by atoms with E-state index in [1.54, 1.807) is 12.3 Å². The van der Waals surface area contributed by atoms with Gasteiger partial charge in [-0.15, -0.1) is 13.9 Å². The van der Waals surface area contributed by atoms with E-state index in [1.807, 2.05) is 0 Å². The highest BCUT2D eigenvalue weighted by molar-refractivity contribution is 5.67. The number of nitrogens with two attached hydrogens (primary N) is 1. The maximum atomic E-state index is 13.0. The van der Waals surface area contributed by atoms with Crippen LogP contribution in [-0.4, -0.2) is 25.9 Å². The van der Waals surface area contributed by atoms with Crippen LogP contribution < -0.4 is 15.2 Å². The Kier molecular flexibility index (Phi) is 2.13. The molecule has 2 aromatic heterocycles. The molecule has 9 heteroatoms. The number of hydrogen-bond donors (Lipinski definition) is 1. The number of halogens is 2. The highest BCUT2D eigenvalue weighted by Crippen LogP contribution is 2.42. The third-order valence-electron chi connectivity index (χ3n) is 2.94. The second-order valence-corrected chi connectivity index (χ2v) is 4.35. The number of hydrogen-bond acceptors (Lipinski definition) is 6. The number of ether oxygens (including phenoxy) is 2. The van der Waals surface area contributed by atoms with Crippen LogP contribution in [0, 0.1) is 0 Å². The summed E-state index contributed by atoms with van der Waals surface area (Å²) < 4.78 is 36.2. The van der Waals surface area contributed by atoms with Crippen molar-refractivity contribution in [3.63, 3.8) is 0 Å². The molecule has 1 aliphatic heterocycles. The van der Waals surface area contributed by atoms with Gasteiger partial charge in [-0.2, -0.15) is 0 Å². The van der Waals surface area contributed by atoms with Crippen LogP contribution in [-0.2, 0) is 0 Å². The van der Waals surface area contributed by atoms with Crippen LogP contribution >= 0.6 is 0 Å². The van der Waals surface area contributed by atoms with Gasteiger partial charge in [-0.05, 0) is 18.2 Å². The lowest BCUT2D eigenvalue weighted by Crippen LogP contribution is -2.25. The Morgan fingerprint density at radius 2 is 2.00 bits per heavy atom. The van der Waals surface area contributed by atoms with Crippen LogP contribution in [0.15, 0.2) is 30.6 Å². The van der Waals surface area contributed by atoms with Crippen molar-refractivity contribution in [2.24, 2.45) is 0 Å². The molecule has 2 N–H and O–H groups in total. The summed E-state index contributed by atoms with van der Waals surface area (Å²) in [5.41, 5.74) is 6.58. The fraction of sp³-hybridized carbons (Fsp3) is 0.0833. The largest absolute Gasteiger partial charge is 0.586 e. The molecule has 0 aliphatic carbocycles. The van der Waals surface area contributed by atoms with E-state index in [9.17, 15) is 8.78 Å². The van der Waals surface area contributed by atoms with Gasteiger partial charge in [0.05, 0.1) is 0 Å². The number of aromatic nitrogens is 4. The fourth-order valence-electron chi connectivity index (χ4n) is 2.05. The molecular formula is C12H7F2N5O2. The van der Waals surface area contributed by atoms with Gasteiger partial charge in [0.25, 0.3) is 0 Å². The summed E-state index contributed by atoms with van der Waals surface area (Å²) in [6.07, 6.45) is -0.577. The summed E-state index contributed by atoms with van der Waals surface area (Å²) in [6.45, 7) is 0. The SMILES string of the molecule is Nc1nccn2nc(-c3ccc4c(c3)OC(F)(F)O4)nc12. The first-order valence-electron chi connectivity index (χ1n) is 5.89. The van der Waals surface area contributed by atoms with Crippen molar-refractivity contribution in [2.75, 3.05) is 5.73 Å². The van der Waals surface area contributed by atoms with Crippen molar-refractivity contribution in [1.29, 1.82) is 0 Å². The first kappa shape index (κ1) is 11.8. The van der Waals surface area contributed by atoms with Gasteiger partial charge in [0.2, 0.25) is 0 Å². The third-order valence-corrected chi connectivity index (χ3v) is 2.94. The summed E-state index contributed by atoms with van der Waals surface area (Å²) in [4.78, 5) is 8.13. The average Bonchev–Trinajstić information content (AvgIpc) is 2.97. The fourth-order valence-corrected chi connectivity index (χ4v) is 2.05. The minimum absolute atomic E-state index is 0.0336. The number of rotatable bonds is 1. The molecule has 21 heavy (non-hydrogen) atoms. The lowest BCUT2D eigenvalue weighted by Gasteiger charge is -2.04. The first-order chi connectivity index (χ1) is 10.0. The van der Waals surface area contributed by atoms with Crippen LogP contribution in [0.2, 0.25) is 0 Å². The molecule has 0 spiro atoms. The Balaban J connectivity index is 1.82. The molecule has 1 aromatic carbocycles. The number of nitrogens with zero attached hydrogens (tertiary/aromatic N) is 4. The molecule has 1 aliphatic rings. The van der Waals surface area contributed by atoms with Gasteiger partial charge < -0.3 is 15.2 Å². The van der Waals surface area contributed by atoms with Crippen molar-refractivity contribution >= 4 is 11.5 Å². The predicted molar refractivity (Wildman–Crippen MR) is 66.8 cm³/mol. The van der Waals surface area contributed by atoms with E-state index < -0.39 is 6.29 Å². The number of benzene rings is 1. The first-order valence-corrected chi connectivity index (χ1v) is 5.89. The number of alkyl halides is 2. The zero-order chi connectivity index (χ0) is 14.6. The average molecular weight is 291 g/mol. The molecular weight excluding hydrogens is 284 g/mol. The van der Waals surface area contributed by atoms with Crippen LogP contribution in [0.25, 0.3) is 17.0 Å². The van der Waals surface area contributed by atoms with E-state index in [0.717, 1.165) is 0 Å². The van der Waals surface area contributed by atoms with E-state index >= 15 is 0 Å². The van der Waals surface area contributed by atoms with Gasteiger partial charge >= 0.3 is 6.29 Å². The predicted octanol–water partition coefficient (Wildman–Crippen LogP) is 1.69. The minimum atomic E-state index is -3.65. The van der Waals surface area contributed by atoms with E-state index in [0.29, 0.717) is 17.0 Å². The minimum Gasteiger partial charge on any atom is -0.395 e. The van der Waals surface area contributed by atoms with Crippen LogP contribution in [0.1, 0.15) is 0 Å². The smallest absolute Gasteiger partial charge is 0.395 e. The zero-order valence-corrected chi connectivity index (χ0v) is 10.3. The molecule has 0 atom stereocenters. The second-order valence-electron chi connectivity index (χ2n) is 4.35. The van der Waals surface area contributed by atoms with Gasteiger partial charge in [-0.1, -0.05) is 0 Å². The van der Waals surface area contributed by atoms with Crippen LogP contribution in [0.3, 0.4) is 0 Å². The Bertz CT molecular complexity index is 864. The molecule has 0 fully saturated rings. The van der Waals surface area contributed by atoms with Gasteiger partial charge in [-0.25, -0.2) is 14.5 Å². The van der Waals surface area contributed by atoms with E-state index in [4.69, 9.17) is 5.73 Å². The summed E-state index contributed by atoms with van der Waals surface area (Å²) >= 11 is 0. The standard InChI is InChI=1S/C12H7F2N5O2/c13-12(14)20-7-2-1-6(5-8(7)21-12)10-17-11-9(15)16-3-4-19(11)18-10/h1-5H,(H2,15,16). The van der Waals surface area contributed by atoms with Crippen molar-refractivity contribution in [2.45, 2.75) is 6.29 Å². The highest BCUT2D eigenvalue weighted by atomic mass is 19.3. The van der Waals surface area contributed by atoms with Crippen molar-refractivity contribution in [1.82, 2.24) is 19.6 Å². The Morgan fingerprint density at radius 1 is 1.19 bits per heavy atom. The summed E-state index contributed by atoms with van der Waals surface area (Å²) in [5.74, 6) is 0.441. The molecule has 0 saturated carbocycles. The molecule has 0 bridgehead atoms. The monoisotopic (exact) mass is 291 g/mol. The summed E-state index contributed by atoms with van der Waals surface area (Å²) in [5, 5.41) is 4.21. The molecule has 0 saturated heterocycles. The van der Waals surface area contributed by atoms with Crippen molar-refractivity contribution in [3.8, 4) is 22.9 Å². The van der Waals surface area contributed by atoms with E-state index in [2.05, 4.69) is 24.5 Å². The van der Waals surface area contributed by atoms with E-state index in [-0.39, 0.29) is 17.3 Å². The second kappa shape index (κ2) is 3.78. The Hall–Kier alpha value is -2.97. The quantitative estimate of drug-likeness (QED) is 0.734. The van der Waals surface area contributed by atoms with Crippen molar-refractivity contribution < 1.29 is 18.3 Å². The summed E-state index contributed by atoms with van der Waals surface area (Å²) in [7, 11) is 0. The van der Waals surface area contributed by atoms with Crippen molar-refractivity contribution in [3.05, 3.63) is 30.6 Å². The normalized spacial score (nSPS) is 15.5. The number of fused-ring (bicyclic) bond motifs is 2. The molecule has 0 radical (unpaired) electrons. The van der Waals surface area contributed by atoms with Gasteiger partial charge in [0, 0.05) is 18.0 Å². The van der Waals surface area contributed by atoms with Gasteiger partial charge in [-0.3, -0.25) is 0 Å². The molecule has 4 rings (SSSR count). The third kappa shape index (κ3) is 1.82. The molecule has 7 nitrogen and oxygen atoms in total. The number of nitrogen functional groups attached to an aromatic ring is 1. The van der Waals surface area contributed by atoms with Crippen LogP contribution in [0.4, 0.5) is 14.6 Å². The molecule has 3 heterocycles. The Labute approximate surface area is 115 Å². The lowest BCUT2D eigenvalue weighted by molar-refractivity contribution is -0.286. The highest BCUT2D eigenvalue weighted by Gasteiger charge is 2.43. The topological polar surface area (TPSA) is 87.6 Å². The van der Waals surface area contributed by atoms with Crippen LogP contribution in [0.5, 0.6) is 11.5 Å². The summed E-state index contributed by atoms with van der Waals surface area (Å²) in [6, 6.07) is 4.31. The maximum Gasteiger partial charge on any atom is 0.586 e. The van der Waals surface area contributed by atoms with Gasteiger partial charge in [0.1, 0.15) is 0 Å². The Morgan fingerprint density at radius 3 is 2.81 bits per heavy atom. The molecule has 3 aromatic rings. The molecule has 106 valence electrons. The van der Waals surface area contributed by atoms with Gasteiger partial charge in [0.15, 0.2) is 28.8 Å². The molecule has 0 unspecified atom stereocenters. The zero-order valence-electron chi connectivity index (χ0n) is 10.3. The maximum absolute atomic E-state index is 13.0. The van der Waals surface area contributed by atoms with E-state index in [1.165, 1.54) is 22.8 Å². The lowest BCUT2D eigenvalue weighted by atomic mass is 10.2. The molecule has 0 amide bonds.